The van der Waals surface area contributed by atoms with Crippen molar-refractivity contribution in [2.45, 2.75) is 32.2 Å². The molecule has 0 aliphatic carbocycles. The summed E-state index contributed by atoms with van der Waals surface area (Å²) in [6.07, 6.45) is 2.39. The van der Waals surface area contributed by atoms with E-state index in [1.807, 2.05) is 37.3 Å². The van der Waals surface area contributed by atoms with Crippen LogP contribution in [0.2, 0.25) is 5.02 Å². The van der Waals surface area contributed by atoms with E-state index in [0.29, 0.717) is 11.4 Å². The van der Waals surface area contributed by atoms with Crippen LogP contribution >= 0.6 is 22.9 Å². The van der Waals surface area contributed by atoms with Gasteiger partial charge in [-0.15, -0.1) is 11.3 Å². The molecule has 20 heavy (non-hydrogen) atoms. The number of benzene rings is 1. The van der Waals surface area contributed by atoms with Crippen molar-refractivity contribution in [3.63, 3.8) is 0 Å². The minimum Gasteiger partial charge on any atom is -0.350 e. The Labute approximate surface area is 128 Å². The molecule has 1 aromatic carbocycles. The third-order valence-corrected chi connectivity index (χ3v) is 4.44. The second-order valence-corrected chi connectivity index (χ2v) is 6.18. The molecule has 2 aromatic rings. The van der Waals surface area contributed by atoms with Crippen molar-refractivity contribution >= 4 is 28.8 Å². The van der Waals surface area contributed by atoms with Gasteiger partial charge in [0.15, 0.2) is 0 Å². The Morgan fingerprint density at radius 1 is 1.30 bits per heavy atom. The van der Waals surface area contributed by atoms with Crippen molar-refractivity contribution in [3.8, 4) is 0 Å². The molecule has 1 amide bonds. The molecule has 0 aliphatic rings. The fourth-order valence-electron chi connectivity index (χ4n) is 2.10. The molecule has 1 unspecified atom stereocenters. The van der Waals surface area contributed by atoms with Gasteiger partial charge in [0.1, 0.15) is 0 Å². The van der Waals surface area contributed by atoms with Gasteiger partial charge in [-0.1, -0.05) is 35.9 Å². The Balaban J connectivity index is 1.78. The highest BCUT2D eigenvalue weighted by Gasteiger charge is 2.11. The van der Waals surface area contributed by atoms with Crippen LogP contribution in [-0.4, -0.2) is 5.91 Å². The van der Waals surface area contributed by atoms with Crippen LogP contribution in [0.15, 0.2) is 41.8 Å². The Morgan fingerprint density at radius 3 is 2.80 bits per heavy atom. The predicted molar refractivity (Wildman–Crippen MR) is 85.3 cm³/mol. The summed E-state index contributed by atoms with van der Waals surface area (Å²) >= 11 is 7.86. The van der Waals surface area contributed by atoms with Crippen LogP contribution < -0.4 is 5.32 Å². The van der Waals surface area contributed by atoms with E-state index in [9.17, 15) is 4.79 Å². The molecule has 106 valence electrons. The largest absolute Gasteiger partial charge is 0.350 e. The smallest absolute Gasteiger partial charge is 0.220 e. The summed E-state index contributed by atoms with van der Waals surface area (Å²) < 4.78 is 0. The number of amides is 1. The predicted octanol–water partition coefficient (Wildman–Crippen LogP) is 4.60. The lowest BCUT2D eigenvalue weighted by molar-refractivity contribution is -0.121. The van der Waals surface area contributed by atoms with Gasteiger partial charge in [0.05, 0.1) is 6.04 Å². The molecule has 0 bridgehead atoms. The number of carbonyl (C=O) groups is 1. The normalized spacial score (nSPS) is 12.1. The monoisotopic (exact) mass is 307 g/mol. The van der Waals surface area contributed by atoms with E-state index in [1.165, 1.54) is 4.88 Å². The minimum atomic E-state index is -0.0575. The third-order valence-electron chi connectivity index (χ3n) is 3.16. The summed E-state index contributed by atoms with van der Waals surface area (Å²) in [6.45, 7) is 1.96. The van der Waals surface area contributed by atoms with Crippen LogP contribution in [0.5, 0.6) is 0 Å². The molecule has 0 aliphatic heterocycles. The SMILES string of the molecule is CC(NC(=O)CCCc1cccs1)c1ccccc1Cl. The minimum absolute atomic E-state index is 0.0575. The van der Waals surface area contributed by atoms with Gasteiger partial charge >= 0.3 is 0 Å². The molecule has 0 saturated heterocycles. The Kier molecular flexibility index (Phi) is 5.62. The highest BCUT2D eigenvalue weighted by atomic mass is 35.5. The molecule has 1 heterocycles. The standard InChI is InChI=1S/C16H18ClNOS/c1-12(14-8-2-3-9-15(14)17)18-16(19)10-4-6-13-7-5-11-20-13/h2-3,5,7-9,11-12H,4,6,10H2,1H3,(H,18,19). The average Bonchev–Trinajstić information content (AvgIpc) is 2.92. The topological polar surface area (TPSA) is 29.1 Å². The number of halogens is 1. The fraction of sp³-hybridized carbons (Fsp3) is 0.312. The zero-order valence-corrected chi connectivity index (χ0v) is 13.0. The van der Waals surface area contributed by atoms with Gasteiger partial charge in [0.25, 0.3) is 0 Å². The zero-order valence-electron chi connectivity index (χ0n) is 11.4. The highest BCUT2D eigenvalue weighted by Crippen LogP contribution is 2.22. The number of nitrogens with one attached hydrogen (secondary N) is 1. The van der Waals surface area contributed by atoms with Crippen molar-refractivity contribution in [2.75, 3.05) is 0 Å². The van der Waals surface area contributed by atoms with Gasteiger partial charge in [0, 0.05) is 16.3 Å². The average molecular weight is 308 g/mol. The van der Waals surface area contributed by atoms with Crippen molar-refractivity contribution in [1.82, 2.24) is 5.32 Å². The van der Waals surface area contributed by atoms with E-state index in [2.05, 4.69) is 16.8 Å². The van der Waals surface area contributed by atoms with Crippen LogP contribution in [0.4, 0.5) is 0 Å². The maximum Gasteiger partial charge on any atom is 0.220 e. The first-order valence-electron chi connectivity index (χ1n) is 6.73. The lowest BCUT2D eigenvalue weighted by Gasteiger charge is -2.15. The number of hydrogen-bond acceptors (Lipinski definition) is 2. The Bertz CT molecular complexity index is 553. The van der Waals surface area contributed by atoms with E-state index in [-0.39, 0.29) is 11.9 Å². The Hall–Kier alpha value is -1.32. The van der Waals surface area contributed by atoms with Crippen molar-refractivity contribution in [1.29, 1.82) is 0 Å². The van der Waals surface area contributed by atoms with Gasteiger partial charge in [0.2, 0.25) is 5.91 Å². The fourth-order valence-corrected chi connectivity index (χ4v) is 3.15. The molecule has 2 rings (SSSR count). The van der Waals surface area contributed by atoms with E-state index >= 15 is 0 Å². The molecular weight excluding hydrogens is 290 g/mol. The highest BCUT2D eigenvalue weighted by molar-refractivity contribution is 7.09. The lowest BCUT2D eigenvalue weighted by atomic mass is 10.1. The van der Waals surface area contributed by atoms with Gasteiger partial charge in [-0.25, -0.2) is 0 Å². The first-order valence-corrected chi connectivity index (χ1v) is 7.99. The molecular formula is C16H18ClNOS. The number of carbonyl (C=O) groups excluding carboxylic acids is 1. The van der Waals surface area contributed by atoms with E-state index in [4.69, 9.17) is 11.6 Å². The molecule has 4 heteroatoms. The zero-order chi connectivity index (χ0) is 14.4. The van der Waals surface area contributed by atoms with Gasteiger partial charge in [-0.3, -0.25) is 4.79 Å². The van der Waals surface area contributed by atoms with E-state index in [1.54, 1.807) is 11.3 Å². The van der Waals surface area contributed by atoms with Crippen LogP contribution in [0, 0.1) is 0 Å². The quantitative estimate of drug-likeness (QED) is 0.830. The summed E-state index contributed by atoms with van der Waals surface area (Å²) in [7, 11) is 0. The van der Waals surface area contributed by atoms with Gasteiger partial charge in [-0.2, -0.15) is 0 Å². The summed E-state index contributed by atoms with van der Waals surface area (Å²) in [5, 5.41) is 5.75. The molecule has 1 aromatic heterocycles. The molecule has 2 nitrogen and oxygen atoms in total. The molecule has 1 atom stereocenters. The number of hydrogen-bond donors (Lipinski definition) is 1. The van der Waals surface area contributed by atoms with E-state index < -0.39 is 0 Å². The summed E-state index contributed by atoms with van der Waals surface area (Å²) in [5.41, 5.74) is 0.959. The second-order valence-electron chi connectivity index (χ2n) is 4.74. The summed E-state index contributed by atoms with van der Waals surface area (Å²) in [4.78, 5) is 13.2. The molecule has 0 spiro atoms. The number of thiophene rings is 1. The van der Waals surface area contributed by atoms with Crippen LogP contribution in [0.3, 0.4) is 0 Å². The number of aryl methyl sites for hydroxylation is 1. The van der Waals surface area contributed by atoms with E-state index in [0.717, 1.165) is 18.4 Å². The van der Waals surface area contributed by atoms with Gasteiger partial charge < -0.3 is 5.32 Å². The lowest BCUT2D eigenvalue weighted by Crippen LogP contribution is -2.26. The maximum atomic E-state index is 11.9. The molecule has 1 N–H and O–H groups in total. The number of rotatable bonds is 6. The van der Waals surface area contributed by atoms with Crippen molar-refractivity contribution in [3.05, 3.63) is 57.2 Å². The van der Waals surface area contributed by atoms with Crippen molar-refractivity contribution in [2.24, 2.45) is 0 Å². The molecule has 0 radical (unpaired) electrons. The van der Waals surface area contributed by atoms with Gasteiger partial charge in [-0.05, 0) is 42.8 Å². The summed E-state index contributed by atoms with van der Waals surface area (Å²) in [5.74, 6) is 0.0778. The molecule has 0 fully saturated rings. The molecule has 0 saturated carbocycles. The summed E-state index contributed by atoms with van der Waals surface area (Å²) in [6, 6.07) is 11.7. The van der Waals surface area contributed by atoms with Crippen molar-refractivity contribution < 1.29 is 4.79 Å². The second kappa shape index (κ2) is 7.46. The van der Waals surface area contributed by atoms with Crippen LogP contribution in [0.1, 0.15) is 36.2 Å². The van der Waals surface area contributed by atoms with Crippen LogP contribution in [-0.2, 0) is 11.2 Å². The Morgan fingerprint density at radius 2 is 2.10 bits per heavy atom. The maximum absolute atomic E-state index is 11.9. The first kappa shape index (κ1) is 15.1. The van der Waals surface area contributed by atoms with Crippen LogP contribution in [0.25, 0.3) is 0 Å². The third kappa shape index (κ3) is 4.36. The first-order chi connectivity index (χ1) is 9.66.